The lowest BCUT2D eigenvalue weighted by Crippen LogP contribution is -2.33. The van der Waals surface area contributed by atoms with Gasteiger partial charge in [0.1, 0.15) is 5.75 Å². The van der Waals surface area contributed by atoms with Crippen molar-refractivity contribution in [2.45, 2.75) is 42.2 Å². The van der Waals surface area contributed by atoms with Crippen LogP contribution in [0.25, 0.3) is 0 Å². The minimum Gasteiger partial charge on any atom is -0.508 e. The highest BCUT2D eigenvalue weighted by molar-refractivity contribution is 8.00. The molecule has 1 heterocycles. The van der Waals surface area contributed by atoms with Gasteiger partial charge in [0.05, 0.1) is 0 Å². The Kier molecular flexibility index (Phi) is 3.29. The molecule has 0 aromatic heterocycles. The van der Waals surface area contributed by atoms with Crippen molar-refractivity contribution in [3.8, 4) is 5.75 Å². The molecule has 3 rings (SSSR count). The number of fused-ring (bicyclic) bond motifs is 1. The van der Waals surface area contributed by atoms with Crippen LogP contribution in [0.4, 0.5) is 0 Å². The predicted molar refractivity (Wildman–Crippen MR) is 85.6 cm³/mol. The summed E-state index contributed by atoms with van der Waals surface area (Å²) in [5.74, 6) is 1.26. The molecule has 1 N–H and O–H groups in total. The first-order valence-electron chi connectivity index (χ1n) is 7.06. The molecule has 2 aromatic rings. The Morgan fingerprint density at radius 3 is 2.35 bits per heavy atom. The second kappa shape index (κ2) is 4.85. The number of phenols is 1. The van der Waals surface area contributed by atoms with Crippen LogP contribution >= 0.6 is 11.8 Å². The topological polar surface area (TPSA) is 20.2 Å². The smallest absolute Gasteiger partial charge is 0.115 e. The molecule has 1 aliphatic heterocycles. The number of thioether (sulfide) groups is 1. The van der Waals surface area contributed by atoms with E-state index in [9.17, 15) is 5.11 Å². The van der Waals surface area contributed by atoms with Crippen molar-refractivity contribution in [2.24, 2.45) is 0 Å². The third-order valence-corrected chi connectivity index (χ3v) is 5.66. The number of hydrogen-bond acceptors (Lipinski definition) is 2. The minimum absolute atomic E-state index is 0.144. The van der Waals surface area contributed by atoms with E-state index >= 15 is 0 Å². The maximum absolute atomic E-state index is 9.50. The quantitative estimate of drug-likeness (QED) is 0.780. The molecule has 0 radical (unpaired) electrons. The van der Waals surface area contributed by atoms with Gasteiger partial charge in [-0.05, 0) is 49.1 Å². The lowest BCUT2D eigenvalue weighted by molar-refractivity contribution is 0.455. The molecule has 2 aromatic carbocycles. The van der Waals surface area contributed by atoms with Crippen molar-refractivity contribution in [1.29, 1.82) is 0 Å². The molecule has 2 unspecified atom stereocenters. The molecule has 0 spiro atoms. The van der Waals surface area contributed by atoms with Gasteiger partial charge in [-0.15, -0.1) is 11.8 Å². The summed E-state index contributed by atoms with van der Waals surface area (Å²) in [4.78, 5) is 1.40. The zero-order valence-corrected chi connectivity index (χ0v) is 12.9. The van der Waals surface area contributed by atoms with E-state index in [0.717, 1.165) is 0 Å². The molecule has 0 amide bonds. The first kappa shape index (κ1) is 13.6. The van der Waals surface area contributed by atoms with Gasteiger partial charge in [0.2, 0.25) is 0 Å². The summed E-state index contributed by atoms with van der Waals surface area (Å²) in [6.45, 7) is 6.96. The SMILES string of the molecule is CC1c2ccccc2SC(C)(C)C1c1ccc(O)cc1. The first-order valence-corrected chi connectivity index (χ1v) is 7.87. The molecule has 0 saturated carbocycles. The van der Waals surface area contributed by atoms with Gasteiger partial charge in [-0.25, -0.2) is 0 Å². The summed E-state index contributed by atoms with van der Waals surface area (Å²) in [5.41, 5.74) is 2.75. The molecule has 0 bridgehead atoms. The van der Waals surface area contributed by atoms with Crippen LogP contribution in [0.5, 0.6) is 5.75 Å². The summed E-state index contributed by atoms with van der Waals surface area (Å²) in [6.07, 6.45) is 0. The lowest BCUT2D eigenvalue weighted by atomic mass is 9.75. The van der Waals surface area contributed by atoms with Crippen molar-refractivity contribution in [3.05, 3.63) is 59.7 Å². The lowest BCUT2D eigenvalue weighted by Gasteiger charge is -2.43. The van der Waals surface area contributed by atoms with E-state index in [1.54, 1.807) is 12.1 Å². The highest BCUT2D eigenvalue weighted by Crippen LogP contribution is 2.55. The van der Waals surface area contributed by atoms with Gasteiger partial charge < -0.3 is 5.11 Å². The van der Waals surface area contributed by atoms with Crippen LogP contribution < -0.4 is 0 Å². The first-order chi connectivity index (χ1) is 9.49. The molecule has 20 heavy (non-hydrogen) atoms. The van der Waals surface area contributed by atoms with E-state index in [2.05, 4.69) is 57.2 Å². The minimum atomic E-state index is 0.144. The summed E-state index contributed by atoms with van der Waals surface area (Å²) < 4.78 is 0.144. The zero-order valence-electron chi connectivity index (χ0n) is 12.1. The molecule has 0 aliphatic carbocycles. The number of benzene rings is 2. The Morgan fingerprint density at radius 1 is 1.00 bits per heavy atom. The standard InChI is InChI=1S/C18H20OS/c1-12-15-6-4-5-7-16(15)20-18(2,3)17(12)13-8-10-14(19)11-9-13/h4-12,17,19H,1-3H3. The van der Waals surface area contributed by atoms with Crippen LogP contribution in [-0.2, 0) is 0 Å². The van der Waals surface area contributed by atoms with Gasteiger partial charge in [0.15, 0.2) is 0 Å². The second-order valence-corrected chi connectivity index (χ2v) is 7.80. The average Bonchev–Trinajstić information content (AvgIpc) is 2.40. The van der Waals surface area contributed by atoms with Crippen LogP contribution in [0.2, 0.25) is 0 Å². The maximum Gasteiger partial charge on any atom is 0.115 e. The maximum atomic E-state index is 9.50. The van der Waals surface area contributed by atoms with Crippen molar-refractivity contribution in [2.75, 3.05) is 0 Å². The predicted octanol–water partition coefficient (Wildman–Crippen LogP) is 5.16. The van der Waals surface area contributed by atoms with Crippen LogP contribution in [0.1, 0.15) is 43.7 Å². The summed E-state index contributed by atoms with van der Waals surface area (Å²) in [5, 5.41) is 9.50. The van der Waals surface area contributed by atoms with E-state index in [1.165, 1.54) is 16.0 Å². The fourth-order valence-electron chi connectivity index (χ4n) is 3.45. The Labute approximate surface area is 125 Å². The van der Waals surface area contributed by atoms with Gasteiger partial charge in [-0.1, -0.05) is 37.3 Å². The summed E-state index contributed by atoms with van der Waals surface area (Å²) >= 11 is 1.96. The molecular weight excluding hydrogens is 264 g/mol. The number of phenolic OH excluding ortho intramolecular Hbond substituents is 1. The van der Waals surface area contributed by atoms with Gasteiger partial charge in [-0.3, -0.25) is 0 Å². The normalized spacial score (nSPS) is 24.1. The van der Waals surface area contributed by atoms with Gasteiger partial charge in [0, 0.05) is 15.6 Å². The molecule has 1 nitrogen and oxygen atoms in total. The van der Waals surface area contributed by atoms with E-state index in [-0.39, 0.29) is 4.75 Å². The van der Waals surface area contributed by atoms with Crippen LogP contribution in [0, 0.1) is 0 Å². The zero-order chi connectivity index (χ0) is 14.3. The molecule has 2 atom stereocenters. The second-order valence-electron chi connectivity index (χ2n) is 6.10. The van der Waals surface area contributed by atoms with Crippen molar-refractivity contribution >= 4 is 11.8 Å². The van der Waals surface area contributed by atoms with Gasteiger partial charge in [0.25, 0.3) is 0 Å². The third kappa shape index (κ3) is 2.22. The number of rotatable bonds is 1. The Morgan fingerprint density at radius 2 is 1.65 bits per heavy atom. The summed E-state index contributed by atoms with van der Waals surface area (Å²) in [7, 11) is 0. The van der Waals surface area contributed by atoms with Crippen LogP contribution in [-0.4, -0.2) is 9.85 Å². The largest absolute Gasteiger partial charge is 0.508 e. The third-order valence-electron chi connectivity index (χ3n) is 4.28. The molecular formula is C18H20OS. The fraction of sp³-hybridized carbons (Fsp3) is 0.333. The average molecular weight is 284 g/mol. The Balaban J connectivity index is 2.08. The number of hydrogen-bond donors (Lipinski definition) is 1. The van der Waals surface area contributed by atoms with E-state index in [4.69, 9.17) is 0 Å². The fourth-order valence-corrected chi connectivity index (χ4v) is 5.00. The Hall–Kier alpha value is -1.41. The number of aromatic hydroxyl groups is 1. The molecule has 0 fully saturated rings. The highest BCUT2D eigenvalue weighted by atomic mass is 32.2. The Bertz CT molecular complexity index is 616. The van der Waals surface area contributed by atoms with Gasteiger partial charge >= 0.3 is 0 Å². The van der Waals surface area contributed by atoms with Crippen LogP contribution in [0.3, 0.4) is 0 Å². The molecule has 0 saturated heterocycles. The monoisotopic (exact) mass is 284 g/mol. The summed E-state index contributed by atoms with van der Waals surface area (Å²) in [6, 6.07) is 16.4. The van der Waals surface area contributed by atoms with E-state index in [1.807, 2.05) is 11.8 Å². The molecule has 104 valence electrons. The highest BCUT2D eigenvalue weighted by Gasteiger charge is 2.41. The van der Waals surface area contributed by atoms with Crippen LogP contribution in [0.15, 0.2) is 53.4 Å². The molecule has 1 aliphatic rings. The van der Waals surface area contributed by atoms with Crippen molar-refractivity contribution in [3.63, 3.8) is 0 Å². The van der Waals surface area contributed by atoms with Crippen molar-refractivity contribution in [1.82, 2.24) is 0 Å². The van der Waals surface area contributed by atoms with Gasteiger partial charge in [-0.2, -0.15) is 0 Å². The van der Waals surface area contributed by atoms with E-state index in [0.29, 0.717) is 17.6 Å². The molecule has 2 heteroatoms. The van der Waals surface area contributed by atoms with Crippen molar-refractivity contribution < 1.29 is 5.11 Å². The van der Waals surface area contributed by atoms with E-state index < -0.39 is 0 Å².